The molecule has 0 aliphatic carbocycles. The number of nitrogens with zero attached hydrogens (tertiary/aromatic N) is 1. The minimum absolute atomic E-state index is 0.00932. The van der Waals surface area contributed by atoms with Crippen LogP contribution >= 0.6 is 0 Å². The minimum Gasteiger partial charge on any atom is -0.393 e. The van der Waals surface area contributed by atoms with Gasteiger partial charge in [0, 0.05) is 31.7 Å². The lowest BCUT2D eigenvalue weighted by Gasteiger charge is -2.45. The van der Waals surface area contributed by atoms with Crippen molar-refractivity contribution in [3.8, 4) is 0 Å². The molecule has 21 heavy (non-hydrogen) atoms. The maximum absolute atomic E-state index is 9.85. The molecule has 3 aliphatic rings. The Bertz CT molecular complexity index is 328. The van der Waals surface area contributed by atoms with Crippen LogP contribution in [-0.2, 0) is 9.47 Å². The fraction of sp³-hybridized carbons (Fsp3) is 1.00. The highest BCUT2D eigenvalue weighted by molar-refractivity contribution is 4.95. The fourth-order valence-electron chi connectivity index (χ4n) is 4.48. The van der Waals surface area contributed by atoms with Crippen LogP contribution in [0, 0.1) is 0 Å². The van der Waals surface area contributed by atoms with Gasteiger partial charge in [0.1, 0.15) is 0 Å². The number of ether oxygens (including phenoxy) is 2. The quantitative estimate of drug-likeness (QED) is 0.868. The first kappa shape index (κ1) is 15.7. The molecule has 3 rings (SSSR count). The first-order chi connectivity index (χ1) is 10.2. The number of likely N-dealkylation sites (tertiary alicyclic amines) is 1. The number of hydrogen-bond acceptors (Lipinski definition) is 4. The van der Waals surface area contributed by atoms with Crippen molar-refractivity contribution < 1.29 is 14.6 Å². The van der Waals surface area contributed by atoms with E-state index in [1.807, 2.05) is 6.92 Å². The van der Waals surface area contributed by atoms with Crippen LogP contribution < -0.4 is 0 Å². The molecule has 1 N–H and O–H groups in total. The molecular weight excluding hydrogens is 266 g/mol. The Morgan fingerprint density at radius 2 is 2.14 bits per heavy atom. The summed E-state index contributed by atoms with van der Waals surface area (Å²) in [5.74, 6) is 0. The van der Waals surface area contributed by atoms with E-state index in [0.29, 0.717) is 12.1 Å². The monoisotopic (exact) mass is 297 g/mol. The van der Waals surface area contributed by atoms with Crippen LogP contribution in [0.5, 0.6) is 0 Å². The van der Waals surface area contributed by atoms with Gasteiger partial charge in [0.25, 0.3) is 0 Å². The van der Waals surface area contributed by atoms with Crippen molar-refractivity contribution >= 4 is 0 Å². The maximum Gasteiger partial charge on any atom is 0.0951 e. The Kier molecular flexibility index (Phi) is 5.20. The summed E-state index contributed by atoms with van der Waals surface area (Å²) in [5.41, 5.74) is -0.00932. The number of rotatable bonds is 3. The summed E-state index contributed by atoms with van der Waals surface area (Å²) in [5, 5.41) is 9.85. The zero-order valence-electron chi connectivity index (χ0n) is 13.4. The van der Waals surface area contributed by atoms with Crippen molar-refractivity contribution in [2.24, 2.45) is 0 Å². The van der Waals surface area contributed by atoms with Gasteiger partial charge in [-0.1, -0.05) is 12.8 Å². The molecule has 4 nitrogen and oxygen atoms in total. The molecule has 0 aromatic carbocycles. The van der Waals surface area contributed by atoms with Crippen LogP contribution in [0.15, 0.2) is 0 Å². The van der Waals surface area contributed by atoms with Gasteiger partial charge in [-0.25, -0.2) is 0 Å². The van der Waals surface area contributed by atoms with Gasteiger partial charge in [-0.2, -0.15) is 0 Å². The van der Waals surface area contributed by atoms with Crippen LogP contribution in [0.3, 0.4) is 0 Å². The highest BCUT2D eigenvalue weighted by Crippen LogP contribution is 2.37. The lowest BCUT2D eigenvalue weighted by Crippen LogP contribution is -2.52. The molecular formula is C17H31NO3. The highest BCUT2D eigenvalue weighted by Gasteiger charge is 2.43. The van der Waals surface area contributed by atoms with Crippen molar-refractivity contribution in [2.45, 2.75) is 82.1 Å². The smallest absolute Gasteiger partial charge is 0.0951 e. The van der Waals surface area contributed by atoms with E-state index in [2.05, 4.69) is 4.90 Å². The van der Waals surface area contributed by atoms with E-state index in [1.54, 1.807) is 0 Å². The van der Waals surface area contributed by atoms with Gasteiger partial charge < -0.3 is 14.6 Å². The zero-order chi connectivity index (χ0) is 14.7. The van der Waals surface area contributed by atoms with Gasteiger partial charge in [-0.3, -0.25) is 4.90 Å². The van der Waals surface area contributed by atoms with Crippen molar-refractivity contribution in [1.82, 2.24) is 4.90 Å². The van der Waals surface area contributed by atoms with Crippen LogP contribution in [-0.4, -0.2) is 60.2 Å². The van der Waals surface area contributed by atoms with Gasteiger partial charge in [-0.15, -0.1) is 0 Å². The highest BCUT2D eigenvalue weighted by atomic mass is 16.6. The third kappa shape index (κ3) is 3.79. The molecule has 0 saturated carbocycles. The van der Waals surface area contributed by atoms with E-state index in [4.69, 9.17) is 9.47 Å². The van der Waals surface area contributed by atoms with E-state index < -0.39 is 0 Å². The van der Waals surface area contributed by atoms with Gasteiger partial charge in [0.2, 0.25) is 0 Å². The summed E-state index contributed by atoms with van der Waals surface area (Å²) >= 11 is 0. The van der Waals surface area contributed by atoms with Crippen LogP contribution in [0.2, 0.25) is 0 Å². The molecule has 0 radical (unpaired) electrons. The van der Waals surface area contributed by atoms with Gasteiger partial charge >= 0.3 is 0 Å². The largest absolute Gasteiger partial charge is 0.393 e. The van der Waals surface area contributed by atoms with E-state index in [1.165, 1.54) is 32.2 Å². The molecule has 3 heterocycles. The topological polar surface area (TPSA) is 41.9 Å². The lowest BCUT2D eigenvalue weighted by atomic mass is 9.87. The molecule has 0 bridgehead atoms. The van der Waals surface area contributed by atoms with E-state index in [9.17, 15) is 5.11 Å². The molecule has 0 amide bonds. The Morgan fingerprint density at radius 1 is 1.24 bits per heavy atom. The third-order valence-electron chi connectivity index (χ3n) is 5.54. The summed E-state index contributed by atoms with van der Waals surface area (Å²) in [7, 11) is 0. The molecule has 122 valence electrons. The van der Waals surface area contributed by atoms with Gasteiger partial charge in [0.15, 0.2) is 0 Å². The molecule has 3 fully saturated rings. The predicted molar refractivity (Wildman–Crippen MR) is 82.4 cm³/mol. The zero-order valence-corrected chi connectivity index (χ0v) is 13.4. The second-order valence-corrected chi connectivity index (χ2v) is 7.31. The molecule has 4 unspecified atom stereocenters. The van der Waals surface area contributed by atoms with Crippen molar-refractivity contribution in [2.75, 3.05) is 26.4 Å². The summed E-state index contributed by atoms with van der Waals surface area (Å²) in [6.45, 7) is 5.62. The maximum atomic E-state index is 9.85. The van der Waals surface area contributed by atoms with E-state index in [-0.39, 0.29) is 11.7 Å². The number of hydrogen-bond donors (Lipinski definition) is 1. The molecule has 4 heteroatoms. The van der Waals surface area contributed by atoms with Crippen LogP contribution in [0.1, 0.15) is 58.3 Å². The minimum atomic E-state index is -0.195. The summed E-state index contributed by atoms with van der Waals surface area (Å²) in [6, 6.07) is 1.16. The number of aliphatic hydroxyl groups is 1. The Balaban J connectivity index is 1.68. The van der Waals surface area contributed by atoms with Crippen molar-refractivity contribution in [1.29, 1.82) is 0 Å². The molecule has 4 atom stereocenters. The Hall–Kier alpha value is -0.160. The molecule has 3 aliphatic heterocycles. The second kappa shape index (κ2) is 6.95. The van der Waals surface area contributed by atoms with Gasteiger partial charge in [0.05, 0.1) is 18.3 Å². The predicted octanol–water partition coefficient (Wildman–Crippen LogP) is 2.34. The van der Waals surface area contributed by atoms with Crippen LogP contribution in [0.4, 0.5) is 0 Å². The van der Waals surface area contributed by atoms with Crippen molar-refractivity contribution in [3.63, 3.8) is 0 Å². The molecule has 0 aromatic rings. The molecule has 1 spiro atoms. The average molecular weight is 297 g/mol. The summed E-state index contributed by atoms with van der Waals surface area (Å²) in [4.78, 5) is 2.71. The molecule has 3 saturated heterocycles. The third-order valence-corrected chi connectivity index (χ3v) is 5.54. The van der Waals surface area contributed by atoms with Gasteiger partial charge in [-0.05, 0) is 45.6 Å². The standard InChI is InChI=1S/C17H31NO3/c1-14(19)11-15-5-3-2-4-8-18(15)16-6-9-21-17(12-16)7-10-20-13-17/h14-16,19H,2-13H2,1H3. The number of aliphatic hydroxyl groups excluding tert-OH is 1. The molecule has 0 aromatic heterocycles. The van der Waals surface area contributed by atoms with Crippen molar-refractivity contribution in [3.05, 3.63) is 0 Å². The summed E-state index contributed by atoms with van der Waals surface area (Å²) < 4.78 is 11.7. The SMILES string of the molecule is CC(O)CC1CCCCCN1C1CCOC2(CCOC2)C1. The fourth-order valence-corrected chi connectivity index (χ4v) is 4.48. The first-order valence-electron chi connectivity index (χ1n) is 8.84. The van der Waals surface area contributed by atoms with E-state index >= 15 is 0 Å². The van der Waals surface area contributed by atoms with Crippen LogP contribution in [0.25, 0.3) is 0 Å². The average Bonchev–Trinajstić information content (AvgIpc) is 2.76. The first-order valence-corrected chi connectivity index (χ1v) is 8.84. The lowest BCUT2D eigenvalue weighted by molar-refractivity contribution is -0.112. The second-order valence-electron chi connectivity index (χ2n) is 7.31. The Morgan fingerprint density at radius 3 is 2.90 bits per heavy atom. The normalized spacial score (nSPS) is 40.3. The Labute approximate surface area is 128 Å². The van der Waals surface area contributed by atoms with E-state index in [0.717, 1.165) is 45.5 Å². The summed E-state index contributed by atoms with van der Waals surface area (Å²) in [6.07, 6.45) is 9.22.